The molecule has 5 rings (SSSR count). The topological polar surface area (TPSA) is 86.8 Å². The summed E-state index contributed by atoms with van der Waals surface area (Å²) in [5, 5.41) is 11.0. The second-order valence-electron chi connectivity index (χ2n) is 8.96. The third-order valence-corrected chi connectivity index (χ3v) is 6.61. The van der Waals surface area contributed by atoms with Gasteiger partial charge in [-0.2, -0.15) is 5.10 Å². The standard InChI is InChI=1S/C25H30N6O/c1-16-8-6-12-26-24(16)28-18-14-17(2)27-21(15-18)22-11-7-13-31(22)25(32)23-19-9-4-3-5-10-20(19)29-30-23/h6,8,12,14-15,22H,3-5,7,9-11,13H2,1-2H3,(H,29,30)(H,26,27,28). The monoisotopic (exact) mass is 430 g/mol. The van der Waals surface area contributed by atoms with Crippen molar-refractivity contribution < 1.29 is 4.79 Å². The number of hydrogen-bond donors (Lipinski definition) is 2. The summed E-state index contributed by atoms with van der Waals surface area (Å²) in [6.45, 7) is 4.77. The Kier molecular flexibility index (Phi) is 5.64. The smallest absolute Gasteiger partial charge is 0.275 e. The van der Waals surface area contributed by atoms with Crippen LogP contribution >= 0.6 is 0 Å². The fourth-order valence-electron chi connectivity index (χ4n) is 4.98. The number of nitrogens with one attached hydrogen (secondary N) is 2. The summed E-state index contributed by atoms with van der Waals surface area (Å²) in [4.78, 5) is 24.8. The van der Waals surface area contributed by atoms with Gasteiger partial charge in [0.15, 0.2) is 5.69 Å². The van der Waals surface area contributed by atoms with Crippen LogP contribution in [0.5, 0.6) is 0 Å². The van der Waals surface area contributed by atoms with E-state index >= 15 is 0 Å². The number of nitrogens with zero attached hydrogens (tertiary/aromatic N) is 4. The lowest BCUT2D eigenvalue weighted by Crippen LogP contribution is -2.32. The number of carbonyl (C=O) groups excluding carboxylic acids is 1. The van der Waals surface area contributed by atoms with E-state index in [1.807, 2.05) is 36.9 Å². The minimum atomic E-state index is -0.0362. The van der Waals surface area contributed by atoms with Crippen molar-refractivity contribution in [1.29, 1.82) is 0 Å². The molecule has 1 amide bonds. The van der Waals surface area contributed by atoms with E-state index in [2.05, 4.69) is 26.6 Å². The normalized spacial score (nSPS) is 18.3. The van der Waals surface area contributed by atoms with Crippen LogP contribution in [0.25, 0.3) is 0 Å². The van der Waals surface area contributed by atoms with Gasteiger partial charge < -0.3 is 10.2 Å². The van der Waals surface area contributed by atoms with Crippen molar-refractivity contribution >= 4 is 17.4 Å². The maximum atomic E-state index is 13.6. The molecule has 1 fully saturated rings. The molecule has 0 saturated carbocycles. The van der Waals surface area contributed by atoms with Gasteiger partial charge in [-0.05, 0) is 76.1 Å². The molecule has 2 N–H and O–H groups in total. The second kappa shape index (κ2) is 8.73. The minimum Gasteiger partial charge on any atom is -0.340 e. The molecule has 0 aromatic carbocycles. The van der Waals surface area contributed by atoms with E-state index in [0.717, 1.165) is 84.8 Å². The van der Waals surface area contributed by atoms with Gasteiger partial charge in [0.1, 0.15) is 5.82 Å². The van der Waals surface area contributed by atoms with E-state index in [1.165, 1.54) is 6.42 Å². The Morgan fingerprint density at radius 3 is 2.91 bits per heavy atom. The Labute approximate surface area is 188 Å². The minimum absolute atomic E-state index is 0.0327. The zero-order valence-corrected chi connectivity index (χ0v) is 18.8. The summed E-state index contributed by atoms with van der Waals surface area (Å²) in [7, 11) is 0. The van der Waals surface area contributed by atoms with Gasteiger partial charge in [0.25, 0.3) is 5.91 Å². The molecule has 32 heavy (non-hydrogen) atoms. The number of aromatic amines is 1. The number of H-pyrrole nitrogens is 1. The third-order valence-electron chi connectivity index (χ3n) is 6.61. The number of aromatic nitrogens is 4. The molecule has 1 aliphatic carbocycles. The number of amides is 1. The SMILES string of the molecule is Cc1cc(Nc2ncccc2C)cc(C2CCCN2C(=O)c2n[nH]c3c2CCCCC3)n1. The van der Waals surface area contributed by atoms with Crippen LogP contribution in [0, 0.1) is 13.8 Å². The lowest BCUT2D eigenvalue weighted by atomic mass is 10.1. The second-order valence-corrected chi connectivity index (χ2v) is 8.96. The van der Waals surface area contributed by atoms with Gasteiger partial charge in [-0.25, -0.2) is 4.98 Å². The lowest BCUT2D eigenvalue weighted by molar-refractivity contribution is 0.0725. The Hall–Kier alpha value is -3.22. The Bertz CT molecular complexity index is 1140. The zero-order valence-electron chi connectivity index (χ0n) is 18.8. The molecule has 0 spiro atoms. The molecule has 166 valence electrons. The van der Waals surface area contributed by atoms with Crippen LogP contribution in [0.2, 0.25) is 0 Å². The predicted molar refractivity (Wildman–Crippen MR) is 124 cm³/mol. The molecule has 1 unspecified atom stereocenters. The van der Waals surface area contributed by atoms with Crippen LogP contribution in [0.4, 0.5) is 11.5 Å². The highest BCUT2D eigenvalue weighted by molar-refractivity contribution is 5.94. The van der Waals surface area contributed by atoms with Crippen molar-refractivity contribution in [2.75, 3.05) is 11.9 Å². The highest BCUT2D eigenvalue weighted by Crippen LogP contribution is 2.35. The van der Waals surface area contributed by atoms with Crippen LogP contribution in [-0.2, 0) is 12.8 Å². The fraction of sp³-hybridized carbons (Fsp3) is 0.440. The van der Waals surface area contributed by atoms with Gasteiger partial charge in [-0.3, -0.25) is 14.9 Å². The highest BCUT2D eigenvalue weighted by Gasteiger charge is 2.34. The van der Waals surface area contributed by atoms with E-state index < -0.39 is 0 Å². The Balaban J connectivity index is 1.42. The highest BCUT2D eigenvalue weighted by atomic mass is 16.2. The summed E-state index contributed by atoms with van der Waals surface area (Å²) in [6, 6.07) is 8.01. The molecule has 0 radical (unpaired) electrons. The van der Waals surface area contributed by atoms with Gasteiger partial charge in [0.05, 0.1) is 11.7 Å². The van der Waals surface area contributed by atoms with Crippen molar-refractivity contribution in [3.8, 4) is 0 Å². The number of likely N-dealkylation sites (tertiary alicyclic amines) is 1. The third kappa shape index (κ3) is 3.99. The van der Waals surface area contributed by atoms with Crippen molar-refractivity contribution in [1.82, 2.24) is 25.1 Å². The average Bonchev–Trinajstić information content (AvgIpc) is 3.36. The molecule has 7 heteroatoms. The van der Waals surface area contributed by atoms with Gasteiger partial charge in [-0.15, -0.1) is 0 Å². The first-order chi connectivity index (χ1) is 15.6. The van der Waals surface area contributed by atoms with Crippen LogP contribution in [0.15, 0.2) is 30.5 Å². The Morgan fingerprint density at radius 2 is 2.03 bits per heavy atom. The molecule has 1 atom stereocenters. The van der Waals surface area contributed by atoms with Crippen molar-refractivity contribution in [3.05, 3.63) is 64.4 Å². The van der Waals surface area contributed by atoms with Crippen LogP contribution in [0.1, 0.15) is 76.8 Å². The largest absolute Gasteiger partial charge is 0.340 e. The van der Waals surface area contributed by atoms with Crippen LogP contribution < -0.4 is 5.32 Å². The first kappa shape index (κ1) is 20.7. The predicted octanol–water partition coefficient (Wildman–Crippen LogP) is 4.81. The molecule has 4 heterocycles. The number of rotatable bonds is 4. The summed E-state index contributed by atoms with van der Waals surface area (Å²) < 4.78 is 0. The number of carbonyl (C=O) groups is 1. The number of aryl methyl sites for hydroxylation is 3. The maximum absolute atomic E-state index is 13.6. The zero-order chi connectivity index (χ0) is 22.1. The first-order valence-electron chi connectivity index (χ1n) is 11.6. The quantitative estimate of drug-likeness (QED) is 0.580. The Morgan fingerprint density at radius 1 is 1.16 bits per heavy atom. The molecule has 1 saturated heterocycles. The van der Waals surface area contributed by atoms with E-state index in [0.29, 0.717) is 5.69 Å². The molecule has 3 aromatic heterocycles. The summed E-state index contributed by atoms with van der Waals surface area (Å²) in [5.74, 6) is 0.868. The van der Waals surface area contributed by atoms with E-state index in [1.54, 1.807) is 6.20 Å². The van der Waals surface area contributed by atoms with Crippen LogP contribution in [0.3, 0.4) is 0 Å². The van der Waals surface area contributed by atoms with Crippen molar-refractivity contribution in [2.24, 2.45) is 0 Å². The maximum Gasteiger partial charge on any atom is 0.275 e. The number of fused-ring (bicyclic) bond motifs is 1. The first-order valence-corrected chi connectivity index (χ1v) is 11.6. The lowest BCUT2D eigenvalue weighted by Gasteiger charge is -2.25. The molecule has 7 nitrogen and oxygen atoms in total. The van der Waals surface area contributed by atoms with E-state index in [4.69, 9.17) is 4.98 Å². The summed E-state index contributed by atoms with van der Waals surface area (Å²) in [5.41, 5.74) is 6.77. The van der Waals surface area contributed by atoms with Crippen LogP contribution in [-0.4, -0.2) is 37.5 Å². The molecular formula is C25H30N6O. The molecule has 1 aliphatic heterocycles. The van der Waals surface area contributed by atoms with Gasteiger partial charge in [0.2, 0.25) is 0 Å². The molecule has 2 aliphatic rings. The molecule has 0 bridgehead atoms. The van der Waals surface area contributed by atoms with Gasteiger partial charge >= 0.3 is 0 Å². The summed E-state index contributed by atoms with van der Waals surface area (Å²) in [6.07, 6.45) is 9.09. The van der Waals surface area contributed by atoms with E-state index in [-0.39, 0.29) is 11.9 Å². The van der Waals surface area contributed by atoms with Crippen molar-refractivity contribution in [2.45, 2.75) is 64.8 Å². The van der Waals surface area contributed by atoms with E-state index in [9.17, 15) is 4.79 Å². The van der Waals surface area contributed by atoms with Crippen molar-refractivity contribution in [3.63, 3.8) is 0 Å². The molecule has 3 aromatic rings. The van der Waals surface area contributed by atoms with Gasteiger partial charge in [0, 0.05) is 35.4 Å². The average molecular weight is 431 g/mol. The fourth-order valence-corrected chi connectivity index (χ4v) is 4.98. The summed E-state index contributed by atoms with van der Waals surface area (Å²) >= 11 is 0. The number of hydrogen-bond acceptors (Lipinski definition) is 5. The van der Waals surface area contributed by atoms with Gasteiger partial charge in [-0.1, -0.05) is 12.5 Å². The number of anilines is 2. The molecular weight excluding hydrogens is 400 g/mol. The number of pyridine rings is 2.